The number of hydrogen-bond donors (Lipinski definition) is 2. The predicted molar refractivity (Wildman–Crippen MR) is 161 cm³/mol. The minimum Gasteiger partial charge on any atom is -0.369 e. The number of primary amides is 1. The van der Waals surface area contributed by atoms with Gasteiger partial charge in [0.15, 0.2) is 0 Å². The summed E-state index contributed by atoms with van der Waals surface area (Å²) in [5, 5.41) is 4.23. The molecule has 3 atom stereocenters. The Morgan fingerprint density at radius 1 is 1.02 bits per heavy atom. The second kappa shape index (κ2) is 14.4. The van der Waals surface area contributed by atoms with E-state index in [4.69, 9.17) is 28.9 Å². The number of likely N-dealkylation sites (tertiary alicyclic amines) is 1. The maximum Gasteiger partial charge on any atom is 0.245 e. The lowest BCUT2D eigenvalue weighted by Gasteiger charge is -2.29. The zero-order valence-corrected chi connectivity index (χ0v) is 24.9. The van der Waals surface area contributed by atoms with Crippen LogP contribution in [0.3, 0.4) is 0 Å². The van der Waals surface area contributed by atoms with Crippen LogP contribution < -0.4 is 11.1 Å². The normalized spacial score (nSPS) is 19.7. The number of nitrogens with zero attached hydrogens (tertiary/aromatic N) is 1. The van der Waals surface area contributed by atoms with Crippen molar-refractivity contribution in [1.29, 1.82) is 0 Å². The molecule has 2 aliphatic rings. The monoisotopic (exact) mass is 585 g/mol. The van der Waals surface area contributed by atoms with E-state index in [9.17, 15) is 14.4 Å². The third-order valence-electron chi connectivity index (χ3n) is 8.49. The summed E-state index contributed by atoms with van der Waals surface area (Å²) in [6, 6.07) is 12.8. The summed E-state index contributed by atoms with van der Waals surface area (Å²) >= 11 is 12.5. The Balaban J connectivity index is 1.48. The summed E-state index contributed by atoms with van der Waals surface area (Å²) in [6.07, 6.45) is 8.80. The lowest BCUT2D eigenvalue weighted by atomic mass is 9.80. The molecule has 2 fully saturated rings. The molecule has 4 rings (SSSR count). The Morgan fingerprint density at radius 2 is 1.77 bits per heavy atom. The zero-order valence-electron chi connectivity index (χ0n) is 23.3. The first kappa shape index (κ1) is 30.4. The third kappa shape index (κ3) is 7.79. The molecule has 2 aromatic carbocycles. The van der Waals surface area contributed by atoms with Crippen LogP contribution in [0.2, 0.25) is 10.0 Å². The molecule has 3 amide bonds. The van der Waals surface area contributed by atoms with Gasteiger partial charge in [-0.05, 0) is 67.3 Å². The van der Waals surface area contributed by atoms with Crippen LogP contribution in [-0.4, -0.2) is 35.2 Å². The first-order chi connectivity index (χ1) is 19.3. The summed E-state index contributed by atoms with van der Waals surface area (Å²) in [5.41, 5.74) is 8.61. The number of carbonyl (C=O) groups excluding carboxylic acids is 3. The Labute approximate surface area is 248 Å². The van der Waals surface area contributed by atoms with Crippen molar-refractivity contribution >= 4 is 40.9 Å². The highest BCUT2D eigenvalue weighted by Gasteiger charge is 2.37. The van der Waals surface area contributed by atoms with Crippen molar-refractivity contribution in [3.63, 3.8) is 0 Å². The van der Waals surface area contributed by atoms with Gasteiger partial charge in [0.25, 0.3) is 0 Å². The van der Waals surface area contributed by atoms with E-state index in [2.05, 4.69) is 5.32 Å². The van der Waals surface area contributed by atoms with Gasteiger partial charge < -0.3 is 16.0 Å². The topological polar surface area (TPSA) is 92.5 Å². The SMILES string of the molecule is CCCC(C(N)=O)C(CC1CCCC1)C(=O)N[C@H]1CCCCN(Cc2cccc(-c3ccc(Cl)cc3Cl)c2)C1=O. The summed E-state index contributed by atoms with van der Waals surface area (Å²) in [7, 11) is 0. The molecule has 1 aliphatic heterocycles. The van der Waals surface area contributed by atoms with Crippen molar-refractivity contribution in [3.8, 4) is 11.1 Å². The molecule has 1 aliphatic carbocycles. The number of hydrogen-bond acceptors (Lipinski definition) is 3. The van der Waals surface area contributed by atoms with E-state index in [1.54, 1.807) is 6.07 Å². The van der Waals surface area contributed by atoms with Crippen LogP contribution >= 0.6 is 23.2 Å². The minimum absolute atomic E-state index is 0.0773. The Kier molecular flexibility index (Phi) is 10.9. The number of carbonyl (C=O) groups is 3. The molecule has 40 heavy (non-hydrogen) atoms. The molecule has 2 unspecified atom stereocenters. The predicted octanol–water partition coefficient (Wildman–Crippen LogP) is 6.76. The lowest BCUT2D eigenvalue weighted by Crippen LogP contribution is -2.50. The van der Waals surface area contributed by atoms with Gasteiger partial charge in [0.1, 0.15) is 6.04 Å². The molecule has 1 saturated heterocycles. The van der Waals surface area contributed by atoms with Gasteiger partial charge in [0, 0.05) is 40.5 Å². The largest absolute Gasteiger partial charge is 0.369 e. The maximum atomic E-state index is 13.7. The maximum absolute atomic E-state index is 13.7. The summed E-state index contributed by atoms with van der Waals surface area (Å²) in [4.78, 5) is 41.6. The van der Waals surface area contributed by atoms with Gasteiger partial charge in [0.05, 0.1) is 0 Å². The lowest BCUT2D eigenvalue weighted by molar-refractivity contribution is -0.139. The highest BCUT2D eigenvalue weighted by Crippen LogP contribution is 2.35. The van der Waals surface area contributed by atoms with Crippen molar-refractivity contribution < 1.29 is 14.4 Å². The molecule has 1 saturated carbocycles. The third-order valence-corrected chi connectivity index (χ3v) is 9.04. The Morgan fingerprint density at radius 3 is 2.48 bits per heavy atom. The van der Waals surface area contributed by atoms with E-state index >= 15 is 0 Å². The molecule has 1 heterocycles. The van der Waals surface area contributed by atoms with Crippen LogP contribution in [0.25, 0.3) is 11.1 Å². The Bertz CT molecular complexity index is 1200. The molecule has 0 bridgehead atoms. The average molecular weight is 587 g/mol. The molecule has 6 nitrogen and oxygen atoms in total. The van der Waals surface area contributed by atoms with E-state index in [1.807, 2.05) is 48.2 Å². The average Bonchev–Trinajstić information content (AvgIpc) is 3.38. The first-order valence-corrected chi connectivity index (χ1v) is 15.4. The van der Waals surface area contributed by atoms with E-state index < -0.39 is 23.8 Å². The molecular formula is C32H41Cl2N3O3. The number of nitrogens with two attached hydrogens (primary N) is 1. The van der Waals surface area contributed by atoms with Gasteiger partial charge in [-0.3, -0.25) is 14.4 Å². The number of halogens is 2. The number of nitrogens with one attached hydrogen (secondary N) is 1. The van der Waals surface area contributed by atoms with Crippen molar-refractivity contribution in [2.24, 2.45) is 23.5 Å². The van der Waals surface area contributed by atoms with Crippen molar-refractivity contribution in [3.05, 3.63) is 58.1 Å². The Hall–Kier alpha value is -2.57. The van der Waals surface area contributed by atoms with Gasteiger partial charge >= 0.3 is 0 Å². The van der Waals surface area contributed by atoms with Crippen molar-refractivity contribution in [2.45, 2.75) is 83.7 Å². The molecule has 3 N–H and O–H groups in total. The van der Waals surface area contributed by atoms with Gasteiger partial charge in [-0.25, -0.2) is 0 Å². The summed E-state index contributed by atoms with van der Waals surface area (Å²) in [5.74, 6) is -1.28. The molecule has 0 radical (unpaired) electrons. The van der Waals surface area contributed by atoms with Crippen molar-refractivity contribution in [2.75, 3.05) is 6.54 Å². The number of amides is 3. The second-order valence-corrected chi connectivity index (χ2v) is 12.3. The fourth-order valence-corrected chi connectivity index (χ4v) is 6.89. The van der Waals surface area contributed by atoms with Crippen LogP contribution in [-0.2, 0) is 20.9 Å². The molecular weight excluding hydrogens is 545 g/mol. The van der Waals surface area contributed by atoms with E-state index in [0.717, 1.165) is 61.6 Å². The van der Waals surface area contributed by atoms with Crippen LogP contribution in [0.15, 0.2) is 42.5 Å². The molecule has 0 aromatic heterocycles. The number of rotatable bonds is 11. The van der Waals surface area contributed by atoms with E-state index in [-0.39, 0.29) is 11.8 Å². The summed E-state index contributed by atoms with van der Waals surface area (Å²) in [6.45, 7) is 3.07. The minimum atomic E-state index is -0.606. The van der Waals surface area contributed by atoms with Gasteiger partial charge in [-0.2, -0.15) is 0 Å². The van der Waals surface area contributed by atoms with E-state index in [0.29, 0.717) is 48.3 Å². The zero-order chi connectivity index (χ0) is 28.6. The highest BCUT2D eigenvalue weighted by atomic mass is 35.5. The van der Waals surface area contributed by atoms with Gasteiger partial charge in [-0.1, -0.05) is 86.5 Å². The van der Waals surface area contributed by atoms with Gasteiger partial charge in [0.2, 0.25) is 17.7 Å². The highest BCUT2D eigenvalue weighted by molar-refractivity contribution is 6.36. The first-order valence-electron chi connectivity index (χ1n) is 14.7. The molecule has 2 aromatic rings. The summed E-state index contributed by atoms with van der Waals surface area (Å²) < 4.78 is 0. The smallest absolute Gasteiger partial charge is 0.245 e. The van der Waals surface area contributed by atoms with Gasteiger partial charge in [-0.15, -0.1) is 0 Å². The van der Waals surface area contributed by atoms with Crippen LogP contribution in [0.1, 0.15) is 76.7 Å². The standard InChI is InChI=1S/C32H41Cl2N3O3/c1-2-8-26(30(35)38)27(18-21-9-3-4-10-21)31(39)36-29-13-5-6-16-37(32(29)40)20-22-11-7-12-23(17-22)25-15-14-24(33)19-28(25)34/h7,11-12,14-15,17,19,21,26-27,29H,2-6,8-10,13,16,18,20H2,1H3,(H2,35,38)(H,36,39)/t26?,27?,29-/m0/s1. The number of benzene rings is 2. The molecule has 8 heteroatoms. The van der Waals surface area contributed by atoms with Crippen LogP contribution in [0.5, 0.6) is 0 Å². The molecule has 216 valence electrons. The van der Waals surface area contributed by atoms with E-state index in [1.165, 1.54) is 0 Å². The quantitative estimate of drug-likeness (QED) is 0.305. The molecule has 0 spiro atoms. The second-order valence-electron chi connectivity index (χ2n) is 11.4. The van der Waals surface area contributed by atoms with Crippen molar-refractivity contribution in [1.82, 2.24) is 10.2 Å². The fourth-order valence-electron chi connectivity index (χ4n) is 6.37. The fraction of sp³-hybridized carbons (Fsp3) is 0.531. The van der Waals surface area contributed by atoms with Crippen LogP contribution in [0, 0.1) is 17.8 Å². The van der Waals surface area contributed by atoms with Crippen LogP contribution in [0.4, 0.5) is 0 Å².